The van der Waals surface area contributed by atoms with Crippen molar-refractivity contribution in [2.45, 2.75) is 82.8 Å². The third-order valence-corrected chi connectivity index (χ3v) is 5.25. The van der Waals surface area contributed by atoms with Gasteiger partial charge in [0.2, 0.25) is 0 Å². The van der Waals surface area contributed by atoms with Crippen LogP contribution in [-0.2, 0) is 14.3 Å². The molecular weight excluding hydrogens is 266 g/mol. The van der Waals surface area contributed by atoms with Crippen molar-refractivity contribution < 1.29 is 14.3 Å². The van der Waals surface area contributed by atoms with E-state index in [2.05, 4.69) is 5.32 Å². The molecule has 1 N–H and O–H groups in total. The Morgan fingerprint density at radius 3 is 2.33 bits per heavy atom. The number of esters is 1. The monoisotopic (exact) mass is 291 g/mol. The van der Waals surface area contributed by atoms with Gasteiger partial charge < -0.3 is 10.1 Å². The Bertz CT molecular complexity index is 466. The molecule has 0 aromatic heterocycles. The molecule has 1 amide bonds. The zero-order chi connectivity index (χ0) is 14.9. The van der Waals surface area contributed by atoms with Crippen molar-refractivity contribution in [2.24, 2.45) is 0 Å². The minimum atomic E-state index is -0.639. The van der Waals surface area contributed by atoms with E-state index in [4.69, 9.17) is 4.74 Å². The summed E-state index contributed by atoms with van der Waals surface area (Å²) >= 11 is 0. The van der Waals surface area contributed by atoms with Crippen LogP contribution in [-0.4, -0.2) is 23.5 Å². The van der Waals surface area contributed by atoms with E-state index >= 15 is 0 Å². The van der Waals surface area contributed by atoms with Gasteiger partial charge in [0.1, 0.15) is 5.60 Å². The second-order valence-corrected chi connectivity index (χ2v) is 6.75. The van der Waals surface area contributed by atoms with Crippen LogP contribution in [0.25, 0.3) is 0 Å². The number of hydrogen-bond acceptors (Lipinski definition) is 3. The van der Waals surface area contributed by atoms with Gasteiger partial charge in [0, 0.05) is 11.6 Å². The number of amides is 1. The minimum Gasteiger partial charge on any atom is -0.451 e. The molecule has 0 saturated heterocycles. The molecule has 0 atom stereocenters. The van der Waals surface area contributed by atoms with E-state index in [-0.39, 0.29) is 17.9 Å². The minimum absolute atomic E-state index is 0.0628. The highest BCUT2D eigenvalue weighted by Gasteiger charge is 2.49. The summed E-state index contributed by atoms with van der Waals surface area (Å²) in [5, 5.41) is 3.13. The van der Waals surface area contributed by atoms with Crippen LogP contribution in [0.2, 0.25) is 0 Å². The van der Waals surface area contributed by atoms with Gasteiger partial charge in [0.05, 0.1) is 5.57 Å². The fraction of sp³-hybridized carbons (Fsp3) is 0.765. The fourth-order valence-electron chi connectivity index (χ4n) is 4.11. The second kappa shape index (κ2) is 5.82. The number of hydrogen-bond donors (Lipinski definition) is 1. The van der Waals surface area contributed by atoms with Crippen molar-refractivity contribution in [2.75, 3.05) is 0 Å². The normalized spacial score (nSPS) is 26.0. The highest BCUT2D eigenvalue weighted by Crippen LogP contribution is 2.43. The molecule has 2 aliphatic carbocycles. The zero-order valence-electron chi connectivity index (χ0n) is 12.9. The fourth-order valence-corrected chi connectivity index (χ4v) is 4.11. The highest BCUT2D eigenvalue weighted by atomic mass is 16.6. The van der Waals surface area contributed by atoms with Crippen molar-refractivity contribution in [1.29, 1.82) is 0 Å². The molecule has 0 aromatic carbocycles. The summed E-state index contributed by atoms with van der Waals surface area (Å²) in [6.07, 6.45) is 10.5. The number of nitrogens with one attached hydrogen (secondary N) is 1. The van der Waals surface area contributed by atoms with Crippen molar-refractivity contribution in [1.82, 2.24) is 5.32 Å². The van der Waals surface area contributed by atoms with Crippen LogP contribution in [0.4, 0.5) is 0 Å². The first-order chi connectivity index (χ1) is 10.1. The topological polar surface area (TPSA) is 55.4 Å². The van der Waals surface area contributed by atoms with Gasteiger partial charge in [-0.25, -0.2) is 4.79 Å². The number of carbonyl (C=O) groups is 2. The van der Waals surface area contributed by atoms with Crippen LogP contribution in [0.3, 0.4) is 0 Å². The van der Waals surface area contributed by atoms with Gasteiger partial charge in [0.15, 0.2) is 0 Å². The Morgan fingerprint density at radius 1 is 1.10 bits per heavy atom. The summed E-state index contributed by atoms with van der Waals surface area (Å²) in [6, 6.07) is 0.274. The lowest BCUT2D eigenvalue weighted by atomic mass is 9.84. The van der Waals surface area contributed by atoms with Crippen LogP contribution in [0.5, 0.6) is 0 Å². The summed E-state index contributed by atoms with van der Waals surface area (Å²) in [5.74, 6) is -0.361. The van der Waals surface area contributed by atoms with Crippen LogP contribution in [0, 0.1) is 0 Å². The van der Waals surface area contributed by atoms with Gasteiger partial charge in [-0.1, -0.05) is 25.7 Å². The van der Waals surface area contributed by atoms with E-state index in [1.54, 1.807) is 6.92 Å². The van der Waals surface area contributed by atoms with E-state index in [0.29, 0.717) is 11.1 Å². The van der Waals surface area contributed by atoms with Gasteiger partial charge in [0.25, 0.3) is 5.91 Å². The molecule has 0 unspecified atom stereocenters. The molecular formula is C17H25NO3. The predicted octanol–water partition coefficient (Wildman–Crippen LogP) is 3.01. The lowest BCUT2D eigenvalue weighted by molar-refractivity contribution is -0.148. The Kier molecular flexibility index (Phi) is 4.05. The van der Waals surface area contributed by atoms with Gasteiger partial charge in [-0.05, 0) is 45.4 Å². The summed E-state index contributed by atoms with van der Waals surface area (Å²) in [6.45, 7) is 1.74. The Morgan fingerprint density at radius 2 is 1.71 bits per heavy atom. The molecule has 2 saturated carbocycles. The Balaban J connectivity index is 1.84. The van der Waals surface area contributed by atoms with Crippen LogP contribution in [0.15, 0.2) is 11.1 Å². The van der Waals surface area contributed by atoms with E-state index in [1.807, 2.05) is 0 Å². The van der Waals surface area contributed by atoms with Gasteiger partial charge in [-0.2, -0.15) is 0 Å². The summed E-state index contributed by atoms with van der Waals surface area (Å²) in [4.78, 5) is 24.8. The van der Waals surface area contributed by atoms with Crippen LogP contribution < -0.4 is 5.32 Å². The number of rotatable bonds is 2. The summed E-state index contributed by atoms with van der Waals surface area (Å²) in [5.41, 5.74) is 0.508. The van der Waals surface area contributed by atoms with E-state index in [9.17, 15) is 9.59 Å². The standard InChI is InChI=1S/C17H25NO3/c1-12-14(15(19)18-13-8-4-5-9-13)17(21-16(12)20)10-6-2-3-7-11-17/h13H,2-11H2,1H3,(H,18,19). The average molecular weight is 291 g/mol. The first kappa shape index (κ1) is 14.6. The van der Waals surface area contributed by atoms with Gasteiger partial charge >= 0.3 is 5.97 Å². The maximum atomic E-state index is 12.7. The largest absolute Gasteiger partial charge is 0.451 e. The SMILES string of the molecule is CC1=C(C(=O)NC2CCCC2)C2(CCCCCC2)OC1=O. The third kappa shape index (κ3) is 2.72. The molecule has 2 fully saturated rings. The first-order valence-corrected chi connectivity index (χ1v) is 8.38. The summed E-state index contributed by atoms with van der Waals surface area (Å²) in [7, 11) is 0. The van der Waals surface area contributed by atoms with Crippen molar-refractivity contribution in [3.63, 3.8) is 0 Å². The molecule has 0 aromatic rings. The molecule has 1 heterocycles. The summed E-state index contributed by atoms with van der Waals surface area (Å²) < 4.78 is 5.71. The molecule has 4 nitrogen and oxygen atoms in total. The van der Waals surface area contributed by atoms with Crippen LogP contribution in [0.1, 0.15) is 71.1 Å². The predicted molar refractivity (Wildman–Crippen MR) is 79.6 cm³/mol. The van der Waals surface area contributed by atoms with Crippen molar-refractivity contribution >= 4 is 11.9 Å². The molecule has 116 valence electrons. The van der Waals surface area contributed by atoms with Crippen molar-refractivity contribution in [3.8, 4) is 0 Å². The molecule has 3 aliphatic rings. The second-order valence-electron chi connectivity index (χ2n) is 6.75. The van der Waals surface area contributed by atoms with E-state index < -0.39 is 5.60 Å². The zero-order valence-corrected chi connectivity index (χ0v) is 12.9. The molecule has 0 radical (unpaired) electrons. The highest BCUT2D eigenvalue weighted by molar-refractivity contribution is 6.07. The lowest BCUT2D eigenvalue weighted by Crippen LogP contribution is -2.42. The third-order valence-electron chi connectivity index (χ3n) is 5.25. The first-order valence-electron chi connectivity index (χ1n) is 8.38. The van der Waals surface area contributed by atoms with Crippen LogP contribution >= 0.6 is 0 Å². The van der Waals surface area contributed by atoms with Crippen molar-refractivity contribution in [3.05, 3.63) is 11.1 Å². The van der Waals surface area contributed by atoms with Gasteiger partial charge in [-0.3, -0.25) is 4.79 Å². The molecule has 3 rings (SSSR count). The Labute approximate surface area is 126 Å². The number of ether oxygens (including phenoxy) is 1. The number of carbonyl (C=O) groups excluding carboxylic acids is 2. The molecule has 0 bridgehead atoms. The van der Waals surface area contributed by atoms with E-state index in [1.165, 1.54) is 12.8 Å². The van der Waals surface area contributed by atoms with Gasteiger partial charge in [-0.15, -0.1) is 0 Å². The molecule has 21 heavy (non-hydrogen) atoms. The van der Waals surface area contributed by atoms with E-state index in [0.717, 1.165) is 51.4 Å². The maximum Gasteiger partial charge on any atom is 0.335 e. The smallest absolute Gasteiger partial charge is 0.335 e. The molecule has 4 heteroatoms. The quantitative estimate of drug-likeness (QED) is 0.796. The molecule has 1 spiro atoms. The lowest BCUT2D eigenvalue weighted by Gasteiger charge is -2.30. The average Bonchev–Trinajstić information content (AvgIpc) is 2.94. The Hall–Kier alpha value is -1.32. The maximum absolute atomic E-state index is 12.7. The molecule has 1 aliphatic heterocycles.